The smallest absolute Gasteiger partial charge is 0.253 e. The molecule has 1 aromatic heterocycles. The van der Waals surface area contributed by atoms with Crippen LogP contribution in [0.1, 0.15) is 27.7 Å². The van der Waals surface area contributed by atoms with E-state index in [-0.39, 0.29) is 11.9 Å². The van der Waals surface area contributed by atoms with Crippen molar-refractivity contribution in [1.29, 1.82) is 0 Å². The molecule has 0 aliphatic rings. The molecule has 0 saturated heterocycles. The number of amides is 1. The maximum atomic E-state index is 12.6. The molecule has 1 N–H and O–H groups in total. The fraction of sp³-hybridized carbons (Fsp3) is 0.0556. The molecule has 1 amide bonds. The van der Waals surface area contributed by atoms with E-state index in [9.17, 15) is 4.79 Å². The van der Waals surface area contributed by atoms with E-state index in [1.807, 2.05) is 60.7 Å². The summed E-state index contributed by atoms with van der Waals surface area (Å²) in [5.74, 6) is 0.546. The van der Waals surface area contributed by atoms with Crippen molar-refractivity contribution < 1.29 is 9.21 Å². The van der Waals surface area contributed by atoms with Crippen LogP contribution in [-0.4, -0.2) is 5.91 Å². The molecule has 22 heavy (non-hydrogen) atoms. The Morgan fingerprint density at radius 3 is 2.36 bits per heavy atom. The Bertz CT molecular complexity index is 754. The van der Waals surface area contributed by atoms with Gasteiger partial charge in [-0.2, -0.15) is 0 Å². The molecule has 1 atom stereocenters. The van der Waals surface area contributed by atoms with Gasteiger partial charge in [0.15, 0.2) is 0 Å². The van der Waals surface area contributed by atoms with Gasteiger partial charge in [-0.05, 0) is 45.8 Å². The molecular weight excluding hydrogens is 342 g/mol. The van der Waals surface area contributed by atoms with E-state index < -0.39 is 0 Å². The summed E-state index contributed by atoms with van der Waals surface area (Å²) in [5.41, 5.74) is 1.56. The second kappa shape index (κ2) is 6.62. The van der Waals surface area contributed by atoms with Gasteiger partial charge in [0.05, 0.1) is 11.8 Å². The van der Waals surface area contributed by atoms with Crippen molar-refractivity contribution in [2.75, 3.05) is 0 Å². The van der Waals surface area contributed by atoms with Crippen molar-refractivity contribution in [3.8, 4) is 0 Å². The molecule has 0 unspecified atom stereocenters. The van der Waals surface area contributed by atoms with Crippen LogP contribution in [0.5, 0.6) is 0 Å². The minimum absolute atomic E-state index is 0.155. The predicted molar refractivity (Wildman–Crippen MR) is 88.6 cm³/mol. The summed E-state index contributed by atoms with van der Waals surface area (Å²) in [7, 11) is 0. The molecule has 0 bridgehead atoms. The van der Waals surface area contributed by atoms with Crippen molar-refractivity contribution in [2.45, 2.75) is 6.04 Å². The standard InChI is InChI=1S/C18H14BrNO2/c19-15-10-5-4-9-14(15)18(21)20-17(16-11-6-12-22-16)13-7-2-1-3-8-13/h1-12,17H,(H,20,21)/t17-/m1/s1. The Morgan fingerprint density at radius 2 is 1.68 bits per heavy atom. The zero-order chi connectivity index (χ0) is 15.4. The lowest BCUT2D eigenvalue weighted by atomic mass is 10.0. The minimum Gasteiger partial charge on any atom is -0.467 e. The van der Waals surface area contributed by atoms with Gasteiger partial charge in [0.1, 0.15) is 11.8 Å². The third-order valence-corrected chi connectivity index (χ3v) is 4.05. The first-order valence-electron chi connectivity index (χ1n) is 6.89. The van der Waals surface area contributed by atoms with Gasteiger partial charge in [-0.1, -0.05) is 42.5 Å². The molecule has 0 aliphatic heterocycles. The predicted octanol–water partition coefficient (Wildman–Crippen LogP) is 4.56. The van der Waals surface area contributed by atoms with Gasteiger partial charge in [-0.15, -0.1) is 0 Å². The van der Waals surface area contributed by atoms with Crippen LogP contribution >= 0.6 is 15.9 Å². The molecule has 2 aromatic carbocycles. The number of hydrogen-bond acceptors (Lipinski definition) is 2. The molecule has 0 aliphatic carbocycles. The molecule has 110 valence electrons. The Hall–Kier alpha value is -2.33. The Balaban J connectivity index is 1.91. The lowest BCUT2D eigenvalue weighted by Gasteiger charge is -2.17. The summed E-state index contributed by atoms with van der Waals surface area (Å²) in [6.07, 6.45) is 1.61. The number of hydrogen-bond donors (Lipinski definition) is 1. The molecule has 3 nitrogen and oxygen atoms in total. The summed E-state index contributed by atoms with van der Waals surface area (Å²) in [6.45, 7) is 0. The second-order valence-corrected chi connectivity index (χ2v) is 5.67. The van der Waals surface area contributed by atoms with Crippen LogP contribution in [0, 0.1) is 0 Å². The maximum absolute atomic E-state index is 12.6. The summed E-state index contributed by atoms with van der Waals surface area (Å²) in [5, 5.41) is 3.03. The van der Waals surface area contributed by atoms with Crippen LogP contribution in [-0.2, 0) is 0 Å². The fourth-order valence-electron chi connectivity index (χ4n) is 2.27. The third kappa shape index (κ3) is 3.12. The van der Waals surface area contributed by atoms with Crippen LogP contribution in [0.3, 0.4) is 0 Å². The molecule has 0 saturated carbocycles. The van der Waals surface area contributed by atoms with E-state index in [0.29, 0.717) is 11.3 Å². The topological polar surface area (TPSA) is 42.2 Å². The summed E-state index contributed by atoms with van der Waals surface area (Å²) < 4.78 is 6.25. The number of benzene rings is 2. The quantitative estimate of drug-likeness (QED) is 0.745. The highest BCUT2D eigenvalue weighted by Crippen LogP contribution is 2.24. The second-order valence-electron chi connectivity index (χ2n) is 4.81. The van der Waals surface area contributed by atoms with E-state index >= 15 is 0 Å². The van der Waals surface area contributed by atoms with E-state index in [4.69, 9.17) is 4.42 Å². The van der Waals surface area contributed by atoms with Crippen molar-refractivity contribution in [3.63, 3.8) is 0 Å². The van der Waals surface area contributed by atoms with Crippen LogP contribution in [0.4, 0.5) is 0 Å². The molecule has 0 radical (unpaired) electrons. The SMILES string of the molecule is O=C(N[C@H](c1ccccc1)c1ccco1)c1ccccc1Br. The van der Waals surface area contributed by atoms with Gasteiger partial charge in [0.2, 0.25) is 0 Å². The van der Waals surface area contributed by atoms with Crippen LogP contribution < -0.4 is 5.32 Å². The van der Waals surface area contributed by atoms with Crippen molar-refractivity contribution in [1.82, 2.24) is 5.32 Å². The molecule has 3 rings (SSSR count). The van der Waals surface area contributed by atoms with E-state index in [0.717, 1.165) is 10.0 Å². The largest absolute Gasteiger partial charge is 0.467 e. The van der Waals surface area contributed by atoms with Crippen molar-refractivity contribution in [2.24, 2.45) is 0 Å². The molecule has 3 aromatic rings. The average molecular weight is 356 g/mol. The first-order chi connectivity index (χ1) is 10.8. The minimum atomic E-state index is -0.323. The Morgan fingerprint density at radius 1 is 0.955 bits per heavy atom. The third-order valence-electron chi connectivity index (χ3n) is 3.35. The number of rotatable bonds is 4. The van der Waals surface area contributed by atoms with Gasteiger partial charge in [0, 0.05) is 4.47 Å². The number of halogens is 1. The number of carbonyl (C=O) groups excluding carboxylic acids is 1. The summed E-state index contributed by atoms with van der Waals surface area (Å²) in [4.78, 5) is 12.6. The molecule has 1 heterocycles. The van der Waals surface area contributed by atoms with Gasteiger partial charge < -0.3 is 9.73 Å². The normalized spacial score (nSPS) is 11.9. The van der Waals surface area contributed by atoms with Gasteiger partial charge in [-0.25, -0.2) is 0 Å². The Kier molecular flexibility index (Phi) is 4.39. The lowest BCUT2D eigenvalue weighted by molar-refractivity contribution is 0.0938. The molecular formula is C18H14BrNO2. The Labute approximate surface area is 137 Å². The van der Waals surface area contributed by atoms with Crippen LogP contribution in [0.15, 0.2) is 81.9 Å². The van der Waals surface area contributed by atoms with Gasteiger partial charge >= 0.3 is 0 Å². The maximum Gasteiger partial charge on any atom is 0.253 e. The zero-order valence-corrected chi connectivity index (χ0v) is 13.3. The number of nitrogens with one attached hydrogen (secondary N) is 1. The average Bonchev–Trinajstić information content (AvgIpc) is 3.08. The highest BCUT2D eigenvalue weighted by Gasteiger charge is 2.20. The van der Waals surface area contributed by atoms with Gasteiger partial charge in [-0.3, -0.25) is 4.79 Å². The fourth-order valence-corrected chi connectivity index (χ4v) is 2.74. The van der Waals surface area contributed by atoms with E-state index in [1.165, 1.54) is 0 Å². The first kappa shape index (κ1) is 14.6. The van der Waals surface area contributed by atoms with Crippen molar-refractivity contribution >= 4 is 21.8 Å². The molecule has 0 spiro atoms. The summed E-state index contributed by atoms with van der Waals surface area (Å²) in [6, 6.07) is 20.4. The molecule has 0 fully saturated rings. The first-order valence-corrected chi connectivity index (χ1v) is 7.69. The number of carbonyl (C=O) groups is 1. The van der Waals surface area contributed by atoms with Gasteiger partial charge in [0.25, 0.3) is 5.91 Å². The van der Waals surface area contributed by atoms with E-state index in [1.54, 1.807) is 12.3 Å². The summed E-state index contributed by atoms with van der Waals surface area (Å²) >= 11 is 3.41. The van der Waals surface area contributed by atoms with E-state index in [2.05, 4.69) is 21.2 Å². The van der Waals surface area contributed by atoms with Crippen LogP contribution in [0.2, 0.25) is 0 Å². The highest BCUT2D eigenvalue weighted by atomic mass is 79.9. The number of furan rings is 1. The monoisotopic (exact) mass is 355 g/mol. The highest BCUT2D eigenvalue weighted by molar-refractivity contribution is 9.10. The lowest BCUT2D eigenvalue weighted by Crippen LogP contribution is -2.29. The van der Waals surface area contributed by atoms with Crippen molar-refractivity contribution in [3.05, 3.63) is 94.4 Å². The van der Waals surface area contributed by atoms with Crippen LogP contribution in [0.25, 0.3) is 0 Å². The molecule has 4 heteroatoms. The zero-order valence-electron chi connectivity index (χ0n) is 11.7.